The standard InChI is InChI=1S/C11H16ClN3O/c1-3-8(5-13)11(16)15-9-4-7(2)10(12)14-6-9/h4,6,8H,3,5,13H2,1-2H3,(H,15,16). The first kappa shape index (κ1) is 12.9. The van der Waals surface area contributed by atoms with Crippen molar-refractivity contribution in [3.8, 4) is 0 Å². The molecule has 0 aromatic carbocycles. The van der Waals surface area contributed by atoms with E-state index in [1.54, 1.807) is 6.07 Å². The first-order valence-corrected chi connectivity index (χ1v) is 5.59. The third-order valence-corrected chi connectivity index (χ3v) is 2.83. The van der Waals surface area contributed by atoms with Gasteiger partial charge in [-0.1, -0.05) is 18.5 Å². The van der Waals surface area contributed by atoms with Crippen molar-refractivity contribution in [2.75, 3.05) is 11.9 Å². The van der Waals surface area contributed by atoms with Gasteiger partial charge < -0.3 is 11.1 Å². The van der Waals surface area contributed by atoms with Crippen LogP contribution in [0.1, 0.15) is 18.9 Å². The molecule has 1 aromatic rings. The summed E-state index contributed by atoms with van der Waals surface area (Å²) in [6, 6.07) is 1.79. The van der Waals surface area contributed by atoms with Gasteiger partial charge in [-0.3, -0.25) is 4.79 Å². The fourth-order valence-electron chi connectivity index (χ4n) is 1.33. The van der Waals surface area contributed by atoms with Crippen molar-refractivity contribution in [3.63, 3.8) is 0 Å². The van der Waals surface area contributed by atoms with Crippen LogP contribution in [0.2, 0.25) is 5.15 Å². The summed E-state index contributed by atoms with van der Waals surface area (Å²) in [5.41, 5.74) is 6.98. The Morgan fingerprint density at radius 2 is 2.38 bits per heavy atom. The largest absolute Gasteiger partial charge is 0.330 e. The normalized spacial score (nSPS) is 12.2. The maximum Gasteiger partial charge on any atom is 0.228 e. The van der Waals surface area contributed by atoms with Crippen LogP contribution in [0.5, 0.6) is 0 Å². The zero-order chi connectivity index (χ0) is 12.1. The molecule has 1 rings (SSSR count). The molecule has 0 fully saturated rings. The van der Waals surface area contributed by atoms with E-state index in [0.717, 1.165) is 12.0 Å². The van der Waals surface area contributed by atoms with Crippen LogP contribution in [-0.2, 0) is 4.79 Å². The van der Waals surface area contributed by atoms with Gasteiger partial charge >= 0.3 is 0 Å². The maximum atomic E-state index is 11.7. The average molecular weight is 242 g/mol. The summed E-state index contributed by atoms with van der Waals surface area (Å²) in [4.78, 5) is 15.7. The Morgan fingerprint density at radius 1 is 1.69 bits per heavy atom. The smallest absolute Gasteiger partial charge is 0.228 e. The number of carbonyl (C=O) groups is 1. The van der Waals surface area contributed by atoms with Crippen molar-refractivity contribution >= 4 is 23.2 Å². The summed E-state index contributed by atoms with van der Waals surface area (Å²) in [6.45, 7) is 4.12. The van der Waals surface area contributed by atoms with Gasteiger partial charge in [-0.15, -0.1) is 0 Å². The number of hydrogen-bond donors (Lipinski definition) is 2. The molecule has 1 unspecified atom stereocenters. The molecule has 1 amide bonds. The number of hydrogen-bond acceptors (Lipinski definition) is 3. The molecule has 0 aliphatic heterocycles. The van der Waals surface area contributed by atoms with Crippen molar-refractivity contribution in [1.82, 2.24) is 4.98 Å². The summed E-state index contributed by atoms with van der Waals surface area (Å²) in [7, 11) is 0. The Labute approximate surface area is 100 Å². The van der Waals surface area contributed by atoms with Crippen LogP contribution in [0, 0.1) is 12.8 Å². The molecule has 1 heterocycles. The number of aromatic nitrogens is 1. The number of amides is 1. The number of nitrogens with two attached hydrogens (primary N) is 1. The first-order chi connectivity index (χ1) is 7.58. The predicted octanol–water partition coefficient (Wildman–Crippen LogP) is 1.97. The molecule has 0 aliphatic carbocycles. The topological polar surface area (TPSA) is 68.0 Å². The summed E-state index contributed by atoms with van der Waals surface area (Å²) in [5, 5.41) is 3.22. The quantitative estimate of drug-likeness (QED) is 0.792. The first-order valence-electron chi connectivity index (χ1n) is 5.21. The van der Waals surface area contributed by atoms with Crippen molar-refractivity contribution in [2.24, 2.45) is 11.7 Å². The van der Waals surface area contributed by atoms with Gasteiger partial charge in [0.25, 0.3) is 0 Å². The van der Waals surface area contributed by atoms with Gasteiger partial charge in [-0.2, -0.15) is 0 Å². The highest BCUT2D eigenvalue weighted by atomic mass is 35.5. The van der Waals surface area contributed by atoms with E-state index in [2.05, 4.69) is 10.3 Å². The number of halogens is 1. The molecule has 0 bridgehead atoms. The van der Waals surface area contributed by atoms with E-state index in [-0.39, 0.29) is 11.8 Å². The van der Waals surface area contributed by atoms with Crippen molar-refractivity contribution in [2.45, 2.75) is 20.3 Å². The SMILES string of the molecule is CCC(CN)C(=O)Nc1cnc(Cl)c(C)c1. The minimum Gasteiger partial charge on any atom is -0.330 e. The number of pyridine rings is 1. The molecule has 0 radical (unpaired) electrons. The van der Waals surface area contributed by atoms with Crippen molar-refractivity contribution in [3.05, 3.63) is 23.0 Å². The van der Waals surface area contributed by atoms with E-state index in [1.165, 1.54) is 6.20 Å². The lowest BCUT2D eigenvalue weighted by molar-refractivity contribution is -0.119. The summed E-state index contributed by atoms with van der Waals surface area (Å²) in [5.74, 6) is -0.232. The zero-order valence-electron chi connectivity index (χ0n) is 9.46. The highest BCUT2D eigenvalue weighted by molar-refractivity contribution is 6.30. The number of nitrogens with one attached hydrogen (secondary N) is 1. The molecule has 0 saturated carbocycles. The predicted molar refractivity (Wildman–Crippen MR) is 65.4 cm³/mol. The third kappa shape index (κ3) is 3.18. The zero-order valence-corrected chi connectivity index (χ0v) is 10.2. The van der Waals surface area contributed by atoms with Crippen LogP contribution < -0.4 is 11.1 Å². The summed E-state index contributed by atoms with van der Waals surface area (Å²) in [6.07, 6.45) is 2.26. The molecule has 1 atom stereocenters. The van der Waals surface area contributed by atoms with Crippen LogP contribution in [0.3, 0.4) is 0 Å². The molecule has 1 aromatic heterocycles. The van der Waals surface area contributed by atoms with Crippen LogP contribution in [0.25, 0.3) is 0 Å². The Morgan fingerprint density at radius 3 is 2.88 bits per heavy atom. The van der Waals surface area contributed by atoms with Gasteiger partial charge in [0.1, 0.15) is 5.15 Å². The van der Waals surface area contributed by atoms with E-state index >= 15 is 0 Å². The fraction of sp³-hybridized carbons (Fsp3) is 0.455. The lowest BCUT2D eigenvalue weighted by Gasteiger charge is -2.12. The lowest BCUT2D eigenvalue weighted by Crippen LogP contribution is -2.28. The Bertz CT molecular complexity index is 377. The number of carbonyl (C=O) groups excluding carboxylic acids is 1. The van der Waals surface area contributed by atoms with Gasteiger partial charge in [0.2, 0.25) is 5.91 Å². The maximum absolute atomic E-state index is 11.7. The Balaban J connectivity index is 2.73. The lowest BCUT2D eigenvalue weighted by atomic mass is 10.1. The number of rotatable bonds is 4. The third-order valence-electron chi connectivity index (χ3n) is 2.43. The monoisotopic (exact) mass is 241 g/mol. The number of nitrogens with zero attached hydrogens (tertiary/aromatic N) is 1. The molecule has 0 spiro atoms. The molecular formula is C11H16ClN3O. The molecule has 88 valence electrons. The van der Waals surface area contributed by atoms with Crippen molar-refractivity contribution < 1.29 is 4.79 Å². The highest BCUT2D eigenvalue weighted by Crippen LogP contribution is 2.16. The summed E-state index contributed by atoms with van der Waals surface area (Å²) >= 11 is 5.79. The molecule has 3 N–H and O–H groups in total. The van der Waals surface area contributed by atoms with Gasteiger partial charge in [0.05, 0.1) is 17.8 Å². The van der Waals surface area contributed by atoms with Crippen LogP contribution in [0.4, 0.5) is 5.69 Å². The Kier molecular flexibility index (Phi) is 4.71. The second kappa shape index (κ2) is 5.82. The number of anilines is 1. The second-order valence-electron chi connectivity index (χ2n) is 3.66. The molecule has 4 nitrogen and oxygen atoms in total. The van der Waals surface area contributed by atoms with E-state index in [9.17, 15) is 4.79 Å². The molecule has 16 heavy (non-hydrogen) atoms. The Hall–Kier alpha value is -1.13. The van der Waals surface area contributed by atoms with E-state index in [1.807, 2.05) is 13.8 Å². The van der Waals surface area contributed by atoms with Gasteiger partial charge in [0, 0.05) is 6.54 Å². The van der Waals surface area contributed by atoms with E-state index < -0.39 is 0 Å². The van der Waals surface area contributed by atoms with E-state index in [0.29, 0.717) is 17.4 Å². The molecule has 5 heteroatoms. The minimum atomic E-state index is -0.156. The van der Waals surface area contributed by atoms with Gasteiger partial charge in [0.15, 0.2) is 0 Å². The highest BCUT2D eigenvalue weighted by Gasteiger charge is 2.14. The summed E-state index contributed by atoms with van der Waals surface area (Å²) < 4.78 is 0. The van der Waals surface area contributed by atoms with Crippen LogP contribution >= 0.6 is 11.6 Å². The van der Waals surface area contributed by atoms with Crippen LogP contribution in [0.15, 0.2) is 12.3 Å². The van der Waals surface area contributed by atoms with Crippen molar-refractivity contribution in [1.29, 1.82) is 0 Å². The molecule has 0 aliphatic rings. The fourth-order valence-corrected chi connectivity index (χ4v) is 1.43. The minimum absolute atomic E-state index is 0.0754. The van der Waals surface area contributed by atoms with Gasteiger partial charge in [-0.05, 0) is 25.0 Å². The van der Waals surface area contributed by atoms with E-state index in [4.69, 9.17) is 17.3 Å². The second-order valence-corrected chi connectivity index (χ2v) is 4.02. The van der Waals surface area contributed by atoms with Gasteiger partial charge in [-0.25, -0.2) is 4.98 Å². The average Bonchev–Trinajstić information content (AvgIpc) is 2.25. The molecular weight excluding hydrogens is 226 g/mol. The number of aryl methyl sites for hydroxylation is 1. The molecule has 0 saturated heterocycles. The van der Waals surface area contributed by atoms with Crippen LogP contribution in [-0.4, -0.2) is 17.4 Å².